The topological polar surface area (TPSA) is 105 Å². The summed E-state index contributed by atoms with van der Waals surface area (Å²) in [6.07, 6.45) is 0. The number of methoxy groups -OCH3 is 1. The van der Waals surface area contributed by atoms with Crippen molar-refractivity contribution in [1.29, 1.82) is 0 Å². The van der Waals surface area contributed by atoms with E-state index >= 15 is 0 Å². The van der Waals surface area contributed by atoms with E-state index in [1.54, 1.807) is 24.3 Å². The van der Waals surface area contributed by atoms with Crippen molar-refractivity contribution < 1.29 is 24.2 Å². The first-order valence-electron chi connectivity index (χ1n) is 7.03. The van der Waals surface area contributed by atoms with Crippen molar-refractivity contribution in [3.63, 3.8) is 0 Å². The van der Waals surface area contributed by atoms with Crippen molar-refractivity contribution in [3.05, 3.63) is 59.7 Å². The molecule has 0 atom stereocenters. The van der Waals surface area contributed by atoms with Gasteiger partial charge in [0.25, 0.3) is 5.91 Å². The van der Waals surface area contributed by atoms with E-state index in [-0.39, 0.29) is 23.6 Å². The Labute approximate surface area is 138 Å². The van der Waals surface area contributed by atoms with Gasteiger partial charge in [-0.1, -0.05) is 6.07 Å². The highest BCUT2D eigenvalue weighted by molar-refractivity contribution is 6.05. The molecule has 0 bridgehead atoms. The van der Waals surface area contributed by atoms with E-state index in [2.05, 4.69) is 10.6 Å². The number of rotatable bonds is 6. The normalized spacial score (nSPS) is 10.0. The van der Waals surface area contributed by atoms with E-state index in [4.69, 9.17) is 9.84 Å². The Bertz CT molecular complexity index is 756. The fourth-order valence-electron chi connectivity index (χ4n) is 1.96. The van der Waals surface area contributed by atoms with Crippen LogP contribution in [0.5, 0.6) is 0 Å². The molecule has 7 heteroatoms. The van der Waals surface area contributed by atoms with Crippen LogP contribution in [0.4, 0.5) is 11.4 Å². The maximum Gasteiger partial charge on any atom is 0.335 e. The summed E-state index contributed by atoms with van der Waals surface area (Å²) in [6.45, 7) is -0.0432. The van der Waals surface area contributed by atoms with Crippen molar-refractivity contribution in [1.82, 2.24) is 0 Å². The monoisotopic (exact) mass is 328 g/mol. The maximum atomic E-state index is 12.1. The molecular formula is C17H16N2O5. The number of hydrogen-bond donors (Lipinski definition) is 3. The molecule has 7 nitrogen and oxygen atoms in total. The number of carbonyl (C=O) groups is 3. The van der Waals surface area contributed by atoms with Gasteiger partial charge in [-0.05, 0) is 42.5 Å². The summed E-state index contributed by atoms with van der Waals surface area (Å²) < 4.78 is 4.72. The van der Waals surface area contributed by atoms with Crippen LogP contribution >= 0.6 is 0 Å². The van der Waals surface area contributed by atoms with E-state index in [0.29, 0.717) is 11.4 Å². The molecule has 0 aromatic heterocycles. The Morgan fingerprint density at radius 3 is 2.12 bits per heavy atom. The second kappa shape index (κ2) is 7.89. The van der Waals surface area contributed by atoms with E-state index in [9.17, 15) is 14.4 Å². The SMILES string of the molecule is COCC(=O)Nc1ccc(NC(=O)c2cccc(C(=O)O)c2)cc1. The quantitative estimate of drug-likeness (QED) is 0.754. The summed E-state index contributed by atoms with van der Waals surface area (Å²) in [5, 5.41) is 14.2. The van der Waals surface area contributed by atoms with Gasteiger partial charge in [-0.15, -0.1) is 0 Å². The van der Waals surface area contributed by atoms with E-state index in [1.165, 1.54) is 31.4 Å². The Morgan fingerprint density at radius 2 is 1.54 bits per heavy atom. The Kier molecular flexibility index (Phi) is 5.64. The first kappa shape index (κ1) is 17.2. The van der Waals surface area contributed by atoms with E-state index < -0.39 is 11.9 Å². The summed E-state index contributed by atoms with van der Waals surface area (Å²) in [7, 11) is 1.43. The van der Waals surface area contributed by atoms with Crippen molar-refractivity contribution >= 4 is 29.2 Å². The van der Waals surface area contributed by atoms with Gasteiger partial charge in [0.1, 0.15) is 6.61 Å². The molecule has 0 fully saturated rings. The summed E-state index contributed by atoms with van der Waals surface area (Å²) in [5.41, 5.74) is 1.37. The van der Waals surface area contributed by atoms with Crippen molar-refractivity contribution in [3.8, 4) is 0 Å². The molecule has 0 aliphatic rings. The lowest BCUT2D eigenvalue weighted by Gasteiger charge is -2.08. The van der Waals surface area contributed by atoms with Gasteiger partial charge in [0.15, 0.2) is 0 Å². The zero-order valence-corrected chi connectivity index (χ0v) is 12.9. The van der Waals surface area contributed by atoms with Gasteiger partial charge in [0.2, 0.25) is 5.91 Å². The number of hydrogen-bond acceptors (Lipinski definition) is 4. The molecule has 0 aliphatic heterocycles. The molecule has 2 aromatic rings. The number of nitrogens with one attached hydrogen (secondary N) is 2. The molecular weight excluding hydrogens is 312 g/mol. The fourth-order valence-corrected chi connectivity index (χ4v) is 1.96. The Hall–Kier alpha value is -3.19. The molecule has 24 heavy (non-hydrogen) atoms. The van der Waals surface area contributed by atoms with E-state index in [0.717, 1.165) is 0 Å². The Morgan fingerprint density at radius 1 is 0.958 bits per heavy atom. The minimum Gasteiger partial charge on any atom is -0.478 e. The molecule has 0 aliphatic carbocycles. The second-order valence-corrected chi connectivity index (χ2v) is 4.90. The summed E-state index contributed by atoms with van der Waals surface area (Å²) >= 11 is 0. The van der Waals surface area contributed by atoms with Gasteiger partial charge in [-0.2, -0.15) is 0 Å². The average molecular weight is 328 g/mol. The van der Waals surface area contributed by atoms with Crippen LogP contribution in [0.15, 0.2) is 48.5 Å². The lowest BCUT2D eigenvalue weighted by atomic mass is 10.1. The second-order valence-electron chi connectivity index (χ2n) is 4.90. The molecule has 0 saturated heterocycles. The molecule has 0 radical (unpaired) electrons. The van der Waals surface area contributed by atoms with Crippen LogP contribution in [0.25, 0.3) is 0 Å². The third-order valence-electron chi connectivity index (χ3n) is 3.07. The highest BCUT2D eigenvalue weighted by Gasteiger charge is 2.10. The van der Waals surface area contributed by atoms with Crippen LogP contribution in [-0.2, 0) is 9.53 Å². The highest BCUT2D eigenvalue weighted by atomic mass is 16.5. The van der Waals surface area contributed by atoms with Crippen LogP contribution in [0.1, 0.15) is 20.7 Å². The van der Waals surface area contributed by atoms with Gasteiger partial charge in [0.05, 0.1) is 5.56 Å². The standard InChI is InChI=1S/C17H16N2O5/c1-24-10-15(20)18-13-5-7-14(8-6-13)19-16(21)11-3-2-4-12(9-11)17(22)23/h2-9H,10H2,1H3,(H,18,20)(H,19,21)(H,22,23). The van der Waals surface area contributed by atoms with Crippen LogP contribution < -0.4 is 10.6 Å². The van der Waals surface area contributed by atoms with Crippen molar-refractivity contribution in [2.45, 2.75) is 0 Å². The lowest BCUT2D eigenvalue weighted by molar-refractivity contribution is -0.119. The molecule has 0 spiro atoms. The smallest absolute Gasteiger partial charge is 0.335 e. The van der Waals surface area contributed by atoms with Crippen LogP contribution in [-0.4, -0.2) is 36.6 Å². The number of ether oxygens (including phenoxy) is 1. The van der Waals surface area contributed by atoms with Crippen LogP contribution in [0, 0.1) is 0 Å². The molecule has 0 heterocycles. The predicted octanol–water partition coefficient (Wildman–Crippen LogP) is 2.22. The number of benzene rings is 2. The minimum absolute atomic E-state index is 0.0406. The third-order valence-corrected chi connectivity index (χ3v) is 3.07. The van der Waals surface area contributed by atoms with Gasteiger partial charge in [-0.25, -0.2) is 4.79 Å². The van der Waals surface area contributed by atoms with Crippen LogP contribution in [0.2, 0.25) is 0 Å². The fraction of sp³-hybridized carbons (Fsp3) is 0.118. The molecule has 3 N–H and O–H groups in total. The predicted molar refractivity (Wildman–Crippen MR) is 88.3 cm³/mol. The van der Waals surface area contributed by atoms with E-state index in [1.807, 2.05) is 0 Å². The summed E-state index contributed by atoms with van der Waals surface area (Å²) in [4.78, 5) is 34.5. The average Bonchev–Trinajstić information content (AvgIpc) is 2.57. The number of carbonyl (C=O) groups excluding carboxylic acids is 2. The molecule has 2 aromatic carbocycles. The first-order chi connectivity index (χ1) is 11.5. The van der Waals surface area contributed by atoms with Crippen molar-refractivity contribution in [2.75, 3.05) is 24.4 Å². The zero-order valence-electron chi connectivity index (χ0n) is 12.9. The van der Waals surface area contributed by atoms with Gasteiger partial charge in [0, 0.05) is 24.0 Å². The maximum absolute atomic E-state index is 12.1. The van der Waals surface area contributed by atoms with Crippen molar-refractivity contribution in [2.24, 2.45) is 0 Å². The Balaban J connectivity index is 2.03. The third kappa shape index (κ3) is 4.65. The molecule has 0 saturated carbocycles. The minimum atomic E-state index is -1.10. The number of carboxylic acid groups (broad SMARTS) is 1. The summed E-state index contributed by atoms with van der Waals surface area (Å²) in [5.74, 6) is -1.80. The lowest BCUT2D eigenvalue weighted by Crippen LogP contribution is -2.17. The highest BCUT2D eigenvalue weighted by Crippen LogP contribution is 2.15. The number of anilines is 2. The van der Waals surface area contributed by atoms with Gasteiger partial charge in [-0.3, -0.25) is 9.59 Å². The van der Waals surface area contributed by atoms with Gasteiger partial charge < -0.3 is 20.5 Å². The first-order valence-corrected chi connectivity index (χ1v) is 7.03. The zero-order chi connectivity index (χ0) is 17.5. The number of aromatic carboxylic acids is 1. The molecule has 0 unspecified atom stereocenters. The molecule has 2 rings (SSSR count). The summed E-state index contributed by atoms with van der Waals surface area (Å²) in [6, 6.07) is 12.3. The molecule has 2 amide bonds. The number of amides is 2. The number of carboxylic acids is 1. The largest absolute Gasteiger partial charge is 0.478 e. The van der Waals surface area contributed by atoms with Crippen LogP contribution in [0.3, 0.4) is 0 Å². The van der Waals surface area contributed by atoms with Gasteiger partial charge >= 0.3 is 5.97 Å². The molecule has 124 valence electrons.